The van der Waals surface area contributed by atoms with Crippen LogP contribution in [0.15, 0.2) is 0 Å². The Hall–Kier alpha value is 0.200. The molecule has 1 saturated heterocycles. The van der Waals surface area contributed by atoms with E-state index in [1.54, 1.807) is 0 Å². The highest BCUT2D eigenvalue weighted by Gasteiger charge is 2.28. The van der Waals surface area contributed by atoms with Gasteiger partial charge in [-0.3, -0.25) is 0 Å². The van der Waals surface area contributed by atoms with Gasteiger partial charge in [0.25, 0.3) is 0 Å². The molecular weight excluding hydrogens is 188 g/mol. The molecule has 1 aliphatic heterocycles. The minimum absolute atomic E-state index is 0.0160. The Morgan fingerprint density at radius 2 is 2.18 bits per heavy atom. The van der Waals surface area contributed by atoms with E-state index in [4.69, 9.17) is 15.4 Å². The van der Waals surface area contributed by atoms with Crippen LogP contribution in [0.25, 0.3) is 0 Å². The lowest BCUT2D eigenvalue weighted by molar-refractivity contribution is 0.0304. The van der Waals surface area contributed by atoms with Crippen molar-refractivity contribution in [1.29, 1.82) is 0 Å². The molecule has 11 heavy (non-hydrogen) atoms. The standard InChI is InChI=1S/C6H11ClO3S/c1-5-4-6(2-3-10-5)11(7,8)9/h5-6H,2-4H2,1H3/t5-,6+/m1/s1. The van der Waals surface area contributed by atoms with Crippen molar-refractivity contribution in [3.8, 4) is 0 Å². The van der Waals surface area contributed by atoms with Gasteiger partial charge in [-0.1, -0.05) is 0 Å². The van der Waals surface area contributed by atoms with Crippen molar-refractivity contribution in [3.63, 3.8) is 0 Å². The van der Waals surface area contributed by atoms with Gasteiger partial charge in [-0.05, 0) is 19.8 Å². The first-order chi connectivity index (χ1) is 5.00. The molecule has 0 spiro atoms. The Kier molecular flexibility index (Phi) is 2.78. The SMILES string of the molecule is C[C@@H]1C[C@@H](S(=O)(=O)Cl)CCO1. The third-order valence-corrected chi connectivity index (χ3v) is 3.82. The minimum Gasteiger partial charge on any atom is -0.378 e. The van der Waals surface area contributed by atoms with Gasteiger partial charge in [-0.2, -0.15) is 0 Å². The fraction of sp³-hybridized carbons (Fsp3) is 1.00. The summed E-state index contributed by atoms with van der Waals surface area (Å²) in [6.45, 7) is 2.35. The Balaban J connectivity index is 2.60. The summed E-state index contributed by atoms with van der Waals surface area (Å²) >= 11 is 0. The van der Waals surface area contributed by atoms with Gasteiger partial charge in [0.2, 0.25) is 9.05 Å². The number of halogens is 1. The smallest absolute Gasteiger partial charge is 0.235 e. The van der Waals surface area contributed by atoms with Crippen molar-refractivity contribution in [2.24, 2.45) is 0 Å². The van der Waals surface area contributed by atoms with E-state index in [2.05, 4.69) is 0 Å². The number of hydrogen-bond acceptors (Lipinski definition) is 3. The third kappa shape index (κ3) is 2.61. The predicted octanol–water partition coefficient (Wildman–Crippen LogP) is 1.12. The molecule has 0 amide bonds. The first-order valence-electron chi connectivity index (χ1n) is 3.55. The summed E-state index contributed by atoms with van der Waals surface area (Å²) in [5.74, 6) is 0. The monoisotopic (exact) mass is 198 g/mol. The van der Waals surface area contributed by atoms with E-state index >= 15 is 0 Å². The lowest BCUT2D eigenvalue weighted by atomic mass is 10.1. The van der Waals surface area contributed by atoms with Crippen LogP contribution in [-0.2, 0) is 13.8 Å². The second kappa shape index (κ2) is 3.29. The van der Waals surface area contributed by atoms with E-state index in [0.717, 1.165) is 0 Å². The number of rotatable bonds is 1. The maximum atomic E-state index is 10.8. The molecule has 0 N–H and O–H groups in total. The second-order valence-electron chi connectivity index (χ2n) is 2.80. The normalized spacial score (nSPS) is 33.6. The van der Waals surface area contributed by atoms with Crippen molar-refractivity contribution in [1.82, 2.24) is 0 Å². The number of hydrogen-bond donors (Lipinski definition) is 0. The summed E-state index contributed by atoms with van der Waals surface area (Å²) < 4.78 is 26.9. The van der Waals surface area contributed by atoms with Crippen LogP contribution in [0.4, 0.5) is 0 Å². The molecule has 3 nitrogen and oxygen atoms in total. The van der Waals surface area contributed by atoms with Gasteiger partial charge in [0.1, 0.15) is 0 Å². The molecule has 0 bridgehead atoms. The van der Waals surface area contributed by atoms with E-state index in [9.17, 15) is 8.42 Å². The van der Waals surface area contributed by atoms with Crippen molar-refractivity contribution in [2.45, 2.75) is 31.1 Å². The molecule has 0 saturated carbocycles. The molecule has 0 aliphatic carbocycles. The van der Waals surface area contributed by atoms with E-state index in [-0.39, 0.29) is 6.10 Å². The molecule has 1 heterocycles. The topological polar surface area (TPSA) is 43.4 Å². The zero-order valence-electron chi connectivity index (χ0n) is 6.29. The van der Waals surface area contributed by atoms with Crippen LogP contribution in [0, 0.1) is 0 Å². The molecule has 66 valence electrons. The summed E-state index contributed by atoms with van der Waals surface area (Å²) in [5, 5.41) is -0.409. The molecule has 2 atom stereocenters. The predicted molar refractivity (Wildman–Crippen MR) is 43.2 cm³/mol. The van der Waals surface area contributed by atoms with Crippen LogP contribution < -0.4 is 0 Å². The van der Waals surface area contributed by atoms with Crippen LogP contribution in [0.1, 0.15) is 19.8 Å². The van der Waals surface area contributed by atoms with E-state index in [1.807, 2.05) is 6.92 Å². The Bertz CT molecular complexity index is 224. The molecule has 1 rings (SSSR count). The maximum absolute atomic E-state index is 10.8. The molecular formula is C6H11ClO3S. The maximum Gasteiger partial charge on any atom is 0.235 e. The van der Waals surface area contributed by atoms with Crippen molar-refractivity contribution < 1.29 is 13.2 Å². The zero-order chi connectivity index (χ0) is 8.48. The van der Waals surface area contributed by atoms with Gasteiger partial charge in [0, 0.05) is 17.3 Å². The fourth-order valence-electron chi connectivity index (χ4n) is 1.21. The largest absolute Gasteiger partial charge is 0.378 e. The quantitative estimate of drug-likeness (QED) is 0.594. The van der Waals surface area contributed by atoms with Gasteiger partial charge < -0.3 is 4.74 Å². The molecule has 1 fully saturated rings. The number of ether oxygens (including phenoxy) is 1. The van der Waals surface area contributed by atoms with Gasteiger partial charge in [0.15, 0.2) is 0 Å². The summed E-state index contributed by atoms with van der Waals surface area (Å²) in [4.78, 5) is 0. The van der Waals surface area contributed by atoms with Crippen LogP contribution in [0.3, 0.4) is 0 Å². The van der Waals surface area contributed by atoms with Crippen LogP contribution in [-0.4, -0.2) is 26.4 Å². The minimum atomic E-state index is -3.37. The molecule has 5 heteroatoms. The lowest BCUT2D eigenvalue weighted by Crippen LogP contribution is -2.30. The van der Waals surface area contributed by atoms with Crippen LogP contribution >= 0.6 is 10.7 Å². The lowest BCUT2D eigenvalue weighted by Gasteiger charge is -2.24. The van der Waals surface area contributed by atoms with Gasteiger partial charge in [-0.25, -0.2) is 8.42 Å². The average Bonchev–Trinajstić information content (AvgIpc) is 1.86. The van der Waals surface area contributed by atoms with E-state index in [0.29, 0.717) is 19.4 Å². The second-order valence-corrected chi connectivity index (χ2v) is 5.71. The molecule has 0 radical (unpaired) electrons. The summed E-state index contributed by atoms with van der Waals surface area (Å²) in [6, 6.07) is 0. The Morgan fingerprint density at radius 3 is 2.55 bits per heavy atom. The molecule has 0 aromatic rings. The average molecular weight is 199 g/mol. The summed E-state index contributed by atoms with van der Waals surface area (Å²) in [6.07, 6.45) is 1.06. The molecule has 0 aromatic carbocycles. The first kappa shape index (κ1) is 9.29. The van der Waals surface area contributed by atoms with Gasteiger partial charge in [-0.15, -0.1) is 0 Å². The van der Waals surface area contributed by atoms with Gasteiger partial charge in [0.05, 0.1) is 11.4 Å². The van der Waals surface area contributed by atoms with Crippen molar-refractivity contribution in [3.05, 3.63) is 0 Å². The Morgan fingerprint density at radius 1 is 1.55 bits per heavy atom. The van der Waals surface area contributed by atoms with Gasteiger partial charge >= 0.3 is 0 Å². The van der Waals surface area contributed by atoms with E-state index < -0.39 is 14.3 Å². The molecule has 1 aliphatic rings. The highest BCUT2D eigenvalue weighted by molar-refractivity contribution is 8.14. The van der Waals surface area contributed by atoms with E-state index in [1.165, 1.54) is 0 Å². The summed E-state index contributed by atoms with van der Waals surface area (Å²) in [5.41, 5.74) is 0. The Labute approximate surface area is 71.1 Å². The van der Waals surface area contributed by atoms with Crippen molar-refractivity contribution in [2.75, 3.05) is 6.61 Å². The third-order valence-electron chi connectivity index (χ3n) is 1.84. The van der Waals surface area contributed by atoms with Crippen LogP contribution in [0.5, 0.6) is 0 Å². The molecule has 0 unspecified atom stereocenters. The zero-order valence-corrected chi connectivity index (χ0v) is 7.86. The van der Waals surface area contributed by atoms with Crippen molar-refractivity contribution >= 4 is 19.7 Å². The fourth-order valence-corrected chi connectivity index (χ4v) is 2.58. The first-order valence-corrected chi connectivity index (χ1v) is 5.92. The molecule has 0 aromatic heterocycles. The van der Waals surface area contributed by atoms with Crippen LogP contribution in [0.2, 0.25) is 0 Å². The summed E-state index contributed by atoms with van der Waals surface area (Å²) in [7, 11) is 1.83. The highest BCUT2D eigenvalue weighted by atomic mass is 35.7. The highest BCUT2D eigenvalue weighted by Crippen LogP contribution is 2.22.